The van der Waals surface area contributed by atoms with Gasteiger partial charge in [-0.2, -0.15) is 5.10 Å². The topological polar surface area (TPSA) is 42.7 Å². The number of nitrogens with one attached hydrogen (secondary N) is 1. The Kier molecular flexibility index (Phi) is 5.31. The molecule has 0 amide bonds. The zero-order chi connectivity index (χ0) is 14.5. The quantitative estimate of drug-likeness (QED) is 0.881. The fraction of sp³-hybridized carbons (Fsp3) is 0.467. The number of rotatable bonds is 6. The number of halogens is 1. The summed E-state index contributed by atoms with van der Waals surface area (Å²) < 4.78 is 3.09. The van der Waals surface area contributed by atoms with Gasteiger partial charge in [-0.25, -0.2) is 0 Å². The van der Waals surface area contributed by atoms with Crippen LogP contribution in [0.25, 0.3) is 0 Å². The molecule has 1 atom stereocenters. The average Bonchev–Trinajstić information content (AvgIpc) is 2.70. The fourth-order valence-corrected chi connectivity index (χ4v) is 2.85. The number of hydrogen-bond acceptors (Lipinski definition) is 3. The second-order valence-electron chi connectivity index (χ2n) is 5.02. The maximum Gasteiger partial charge on any atom is 0.0738 e. The van der Waals surface area contributed by atoms with E-state index in [4.69, 9.17) is 0 Å². The van der Waals surface area contributed by atoms with E-state index in [0.29, 0.717) is 6.04 Å². The molecule has 0 aliphatic heterocycles. The summed E-state index contributed by atoms with van der Waals surface area (Å²) in [7, 11) is 4.01. The lowest BCUT2D eigenvalue weighted by molar-refractivity contribution is 0.500. The van der Waals surface area contributed by atoms with E-state index in [9.17, 15) is 0 Å². The standard InChI is InChI=1S/C15H21BrN4/c1-11-15(16)14(20(3)19-11)10-13(17-2)8-7-12-6-4-5-9-18-12/h4-6,9,13,17H,7-8,10H2,1-3H3. The molecule has 20 heavy (non-hydrogen) atoms. The maximum absolute atomic E-state index is 4.45. The van der Waals surface area contributed by atoms with Gasteiger partial charge in [0, 0.05) is 31.4 Å². The molecule has 2 heterocycles. The van der Waals surface area contributed by atoms with Crippen LogP contribution in [0.2, 0.25) is 0 Å². The summed E-state index contributed by atoms with van der Waals surface area (Å²) in [6, 6.07) is 6.49. The first kappa shape index (κ1) is 15.2. The summed E-state index contributed by atoms with van der Waals surface area (Å²) in [6.45, 7) is 2.02. The molecule has 4 nitrogen and oxygen atoms in total. The molecule has 2 rings (SSSR count). The van der Waals surface area contributed by atoms with Gasteiger partial charge in [0.1, 0.15) is 0 Å². The molecule has 0 radical (unpaired) electrons. The van der Waals surface area contributed by atoms with Crippen molar-refractivity contribution in [1.29, 1.82) is 0 Å². The van der Waals surface area contributed by atoms with E-state index in [2.05, 4.69) is 37.4 Å². The predicted octanol–water partition coefficient (Wildman–Crippen LogP) is 2.65. The molecule has 0 spiro atoms. The van der Waals surface area contributed by atoms with Gasteiger partial charge in [-0.15, -0.1) is 0 Å². The minimum atomic E-state index is 0.420. The number of nitrogens with zero attached hydrogens (tertiary/aromatic N) is 3. The van der Waals surface area contributed by atoms with Gasteiger partial charge in [-0.05, 0) is 54.9 Å². The number of aromatic nitrogens is 3. The molecule has 108 valence electrons. The fourth-order valence-electron chi connectivity index (χ4n) is 2.35. The zero-order valence-electron chi connectivity index (χ0n) is 12.2. The van der Waals surface area contributed by atoms with Crippen molar-refractivity contribution in [2.45, 2.75) is 32.2 Å². The summed E-state index contributed by atoms with van der Waals surface area (Å²) in [5.74, 6) is 0. The van der Waals surface area contributed by atoms with E-state index in [0.717, 1.165) is 35.1 Å². The Bertz CT molecular complexity index is 551. The van der Waals surface area contributed by atoms with Crippen molar-refractivity contribution < 1.29 is 0 Å². The number of hydrogen-bond donors (Lipinski definition) is 1. The molecule has 0 saturated carbocycles. The summed E-state index contributed by atoms with van der Waals surface area (Å²) in [4.78, 5) is 4.38. The normalized spacial score (nSPS) is 12.6. The van der Waals surface area contributed by atoms with Gasteiger partial charge in [-0.1, -0.05) is 6.07 Å². The molecule has 1 unspecified atom stereocenters. The molecule has 0 aliphatic rings. The first-order chi connectivity index (χ1) is 9.61. The predicted molar refractivity (Wildman–Crippen MR) is 84.8 cm³/mol. The van der Waals surface area contributed by atoms with Crippen molar-refractivity contribution in [3.8, 4) is 0 Å². The Morgan fingerprint density at radius 3 is 2.75 bits per heavy atom. The Morgan fingerprint density at radius 1 is 1.40 bits per heavy atom. The lowest BCUT2D eigenvalue weighted by Crippen LogP contribution is -2.29. The average molecular weight is 337 g/mol. The van der Waals surface area contributed by atoms with Crippen LogP contribution in [0.15, 0.2) is 28.9 Å². The van der Waals surface area contributed by atoms with Crippen molar-refractivity contribution in [3.63, 3.8) is 0 Å². The number of pyridine rings is 1. The van der Waals surface area contributed by atoms with Crippen molar-refractivity contribution >= 4 is 15.9 Å². The van der Waals surface area contributed by atoms with Crippen LogP contribution in [0, 0.1) is 6.92 Å². The maximum atomic E-state index is 4.45. The molecule has 5 heteroatoms. The third-order valence-corrected chi connectivity index (χ3v) is 4.62. The molecule has 2 aromatic heterocycles. The lowest BCUT2D eigenvalue weighted by atomic mass is 10.0. The van der Waals surface area contributed by atoms with E-state index >= 15 is 0 Å². The summed E-state index contributed by atoms with van der Waals surface area (Å²) in [5, 5.41) is 7.84. The van der Waals surface area contributed by atoms with Crippen molar-refractivity contribution in [2.75, 3.05) is 7.05 Å². The minimum absolute atomic E-state index is 0.420. The van der Waals surface area contributed by atoms with Gasteiger partial charge >= 0.3 is 0 Å². The van der Waals surface area contributed by atoms with Gasteiger partial charge in [0.2, 0.25) is 0 Å². The van der Waals surface area contributed by atoms with Gasteiger partial charge in [0.25, 0.3) is 0 Å². The second-order valence-corrected chi connectivity index (χ2v) is 5.81. The van der Waals surface area contributed by atoms with Crippen molar-refractivity contribution in [2.24, 2.45) is 7.05 Å². The SMILES string of the molecule is CNC(CCc1ccccn1)Cc1c(Br)c(C)nn1C. The monoisotopic (exact) mass is 336 g/mol. The molecular weight excluding hydrogens is 316 g/mol. The third-order valence-electron chi connectivity index (χ3n) is 3.58. The van der Waals surface area contributed by atoms with E-state index in [-0.39, 0.29) is 0 Å². The first-order valence-electron chi connectivity index (χ1n) is 6.87. The second kappa shape index (κ2) is 6.99. The van der Waals surface area contributed by atoms with Crippen molar-refractivity contribution in [1.82, 2.24) is 20.1 Å². The third kappa shape index (κ3) is 3.67. The summed E-state index contributed by atoms with van der Waals surface area (Å²) in [6.07, 6.45) is 4.86. The molecule has 0 aromatic carbocycles. The van der Waals surface area contributed by atoms with E-state index in [1.807, 2.05) is 44.0 Å². The summed E-state index contributed by atoms with van der Waals surface area (Å²) in [5.41, 5.74) is 3.43. The number of aryl methyl sites for hydroxylation is 3. The van der Waals surface area contributed by atoms with Crippen LogP contribution in [0.1, 0.15) is 23.5 Å². The Morgan fingerprint density at radius 2 is 2.20 bits per heavy atom. The van der Waals surface area contributed by atoms with Crippen LogP contribution in [-0.4, -0.2) is 27.9 Å². The van der Waals surface area contributed by atoms with Gasteiger partial charge in [-0.3, -0.25) is 9.67 Å². The molecular formula is C15H21BrN4. The van der Waals surface area contributed by atoms with E-state index in [1.54, 1.807) is 0 Å². The highest BCUT2D eigenvalue weighted by Crippen LogP contribution is 2.22. The van der Waals surface area contributed by atoms with Crippen LogP contribution in [0.5, 0.6) is 0 Å². The van der Waals surface area contributed by atoms with Crippen LogP contribution in [0.4, 0.5) is 0 Å². The molecule has 0 saturated heterocycles. The highest BCUT2D eigenvalue weighted by molar-refractivity contribution is 9.10. The highest BCUT2D eigenvalue weighted by Gasteiger charge is 2.15. The largest absolute Gasteiger partial charge is 0.317 e. The van der Waals surface area contributed by atoms with Crippen molar-refractivity contribution in [3.05, 3.63) is 46.0 Å². The van der Waals surface area contributed by atoms with Crippen LogP contribution in [0.3, 0.4) is 0 Å². The van der Waals surface area contributed by atoms with E-state index in [1.165, 1.54) is 5.69 Å². The van der Waals surface area contributed by atoms with Crippen LogP contribution < -0.4 is 5.32 Å². The molecule has 0 bridgehead atoms. The Balaban J connectivity index is 1.99. The van der Waals surface area contributed by atoms with Gasteiger partial charge in [0.05, 0.1) is 15.9 Å². The molecule has 0 fully saturated rings. The Labute approximate surface area is 128 Å². The molecule has 2 aromatic rings. The smallest absolute Gasteiger partial charge is 0.0738 e. The first-order valence-corrected chi connectivity index (χ1v) is 7.66. The highest BCUT2D eigenvalue weighted by atomic mass is 79.9. The van der Waals surface area contributed by atoms with Gasteiger partial charge < -0.3 is 5.32 Å². The molecule has 0 aliphatic carbocycles. The zero-order valence-corrected chi connectivity index (χ0v) is 13.8. The van der Waals surface area contributed by atoms with Gasteiger partial charge in [0.15, 0.2) is 0 Å². The minimum Gasteiger partial charge on any atom is -0.317 e. The molecule has 1 N–H and O–H groups in total. The number of likely N-dealkylation sites (N-methyl/N-ethyl adjacent to an activating group) is 1. The Hall–Kier alpha value is -1.20. The van der Waals surface area contributed by atoms with Crippen LogP contribution in [-0.2, 0) is 19.9 Å². The van der Waals surface area contributed by atoms with E-state index < -0.39 is 0 Å². The van der Waals surface area contributed by atoms with Crippen LogP contribution >= 0.6 is 15.9 Å². The lowest BCUT2D eigenvalue weighted by Gasteiger charge is -2.16. The summed E-state index contributed by atoms with van der Waals surface area (Å²) >= 11 is 3.63.